The molecule has 9 heteroatoms. The number of hydrogen-bond donors (Lipinski definition) is 2. The van der Waals surface area contributed by atoms with Crippen molar-refractivity contribution in [1.82, 2.24) is 10.2 Å². The van der Waals surface area contributed by atoms with E-state index in [-0.39, 0.29) is 37.6 Å². The van der Waals surface area contributed by atoms with Crippen molar-refractivity contribution in [3.05, 3.63) is 89.0 Å². The number of piperazine rings is 1. The van der Waals surface area contributed by atoms with E-state index in [1.807, 2.05) is 63.2 Å². The molecule has 1 heterocycles. The summed E-state index contributed by atoms with van der Waals surface area (Å²) in [4.78, 5) is 40.5. The number of fused-ring (bicyclic) bond motifs is 3. The molecule has 226 valence electrons. The maximum absolute atomic E-state index is 13.1. The lowest BCUT2D eigenvalue weighted by Gasteiger charge is -2.36. The first-order valence-corrected chi connectivity index (χ1v) is 14.7. The largest absolute Gasteiger partial charge is 0.481 e. The molecule has 0 radical (unpaired) electrons. The minimum atomic E-state index is -0.912. The molecule has 1 aliphatic carbocycles. The van der Waals surface area contributed by atoms with E-state index in [0.29, 0.717) is 38.3 Å². The van der Waals surface area contributed by atoms with Crippen molar-refractivity contribution < 1.29 is 29.0 Å². The molecule has 0 unspecified atom stereocenters. The van der Waals surface area contributed by atoms with E-state index in [2.05, 4.69) is 34.5 Å². The first kappa shape index (κ1) is 30.1. The Morgan fingerprint density at radius 2 is 1.49 bits per heavy atom. The second kappa shape index (κ2) is 12.9. The summed E-state index contributed by atoms with van der Waals surface area (Å²) in [5, 5.41) is 12.5. The number of aliphatic carboxylic acids is 1. The Hall–Kier alpha value is -4.37. The van der Waals surface area contributed by atoms with Gasteiger partial charge in [-0.2, -0.15) is 0 Å². The van der Waals surface area contributed by atoms with Gasteiger partial charge in [0, 0.05) is 44.3 Å². The van der Waals surface area contributed by atoms with Crippen LogP contribution in [0.3, 0.4) is 0 Å². The van der Waals surface area contributed by atoms with E-state index in [1.165, 1.54) is 22.3 Å². The summed E-state index contributed by atoms with van der Waals surface area (Å²) in [6.45, 7) is 8.34. The van der Waals surface area contributed by atoms with Gasteiger partial charge in [-0.25, -0.2) is 4.79 Å². The van der Waals surface area contributed by atoms with Gasteiger partial charge in [0.2, 0.25) is 0 Å². The fourth-order valence-electron chi connectivity index (χ4n) is 5.82. The molecule has 43 heavy (non-hydrogen) atoms. The molecule has 9 nitrogen and oxygen atoms in total. The fraction of sp³-hybridized carbons (Fsp3) is 0.382. The van der Waals surface area contributed by atoms with Gasteiger partial charge in [0.25, 0.3) is 0 Å². The van der Waals surface area contributed by atoms with Gasteiger partial charge < -0.3 is 29.7 Å². The highest BCUT2D eigenvalue weighted by Crippen LogP contribution is 2.44. The number of rotatable bonds is 9. The quantitative estimate of drug-likeness (QED) is 0.345. The van der Waals surface area contributed by atoms with Gasteiger partial charge in [-0.3, -0.25) is 9.59 Å². The van der Waals surface area contributed by atoms with Crippen LogP contribution in [0, 0.1) is 0 Å². The number of amides is 1. The molecule has 1 aliphatic heterocycles. The van der Waals surface area contributed by atoms with Gasteiger partial charge in [0.1, 0.15) is 12.2 Å². The zero-order chi connectivity index (χ0) is 30.6. The summed E-state index contributed by atoms with van der Waals surface area (Å²) in [6.07, 6.45) is -0.430. The average molecular weight is 586 g/mol. The van der Waals surface area contributed by atoms with E-state index < -0.39 is 11.6 Å². The molecule has 3 aromatic carbocycles. The fourth-order valence-corrected chi connectivity index (χ4v) is 5.82. The Bertz CT molecular complexity index is 1440. The van der Waals surface area contributed by atoms with Crippen molar-refractivity contribution in [3.8, 4) is 11.1 Å². The van der Waals surface area contributed by atoms with Gasteiger partial charge in [0.15, 0.2) is 0 Å². The number of ether oxygens (including phenoxy) is 2. The number of benzene rings is 3. The van der Waals surface area contributed by atoms with Gasteiger partial charge in [-0.15, -0.1) is 0 Å². The van der Waals surface area contributed by atoms with Gasteiger partial charge >= 0.3 is 18.0 Å². The van der Waals surface area contributed by atoms with E-state index in [0.717, 1.165) is 11.3 Å². The van der Waals surface area contributed by atoms with Gasteiger partial charge in [0.05, 0.1) is 13.0 Å². The summed E-state index contributed by atoms with van der Waals surface area (Å²) < 4.78 is 11.2. The summed E-state index contributed by atoms with van der Waals surface area (Å²) in [5.74, 6) is -1.25. The molecule has 1 saturated heterocycles. The predicted molar refractivity (Wildman–Crippen MR) is 164 cm³/mol. The first-order chi connectivity index (χ1) is 20.6. The van der Waals surface area contributed by atoms with Crippen LogP contribution in [0.5, 0.6) is 0 Å². The lowest BCUT2D eigenvalue weighted by molar-refractivity contribution is -0.153. The van der Waals surface area contributed by atoms with Gasteiger partial charge in [-0.05, 0) is 66.3 Å². The topological polar surface area (TPSA) is 108 Å². The van der Waals surface area contributed by atoms with Crippen molar-refractivity contribution in [1.29, 1.82) is 0 Å². The molecule has 5 rings (SSSR count). The van der Waals surface area contributed by atoms with Crippen molar-refractivity contribution in [2.75, 3.05) is 44.2 Å². The van der Waals surface area contributed by atoms with Crippen LogP contribution in [-0.2, 0) is 32.0 Å². The van der Waals surface area contributed by atoms with E-state index in [4.69, 9.17) is 9.47 Å². The van der Waals surface area contributed by atoms with Crippen molar-refractivity contribution >= 4 is 23.7 Å². The lowest BCUT2D eigenvalue weighted by atomic mass is 9.98. The Morgan fingerprint density at radius 3 is 2.09 bits per heavy atom. The second-order valence-electron chi connectivity index (χ2n) is 12.0. The Kier molecular flexibility index (Phi) is 9.01. The molecular weight excluding hydrogens is 546 g/mol. The van der Waals surface area contributed by atoms with Crippen LogP contribution in [-0.4, -0.2) is 73.0 Å². The predicted octanol–water partition coefficient (Wildman–Crippen LogP) is 4.82. The molecule has 1 fully saturated rings. The zero-order valence-corrected chi connectivity index (χ0v) is 25.0. The minimum Gasteiger partial charge on any atom is -0.481 e. The Morgan fingerprint density at radius 1 is 0.884 bits per heavy atom. The third kappa shape index (κ3) is 7.53. The molecule has 0 saturated carbocycles. The Labute approximate surface area is 252 Å². The molecule has 0 atom stereocenters. The molecule has 0 bridgehead atoms. The number of nitrogens with zero attached hydrogens (tertiary/aromatic N) is 2. The Balaban J connectivity index is 1.18. The highest BCUT2D eigenvalue weighted by Gasteiger charge is 2.30. The molecule has 0 spiro atoms. The molecule has 3 aromatic rings. The number of anilines is 1. The molecule has 1 amide bonds. The number of nitrogens with one attached hydrogen (secondary N) is 1. The molecular formula is C34H39N3O6. The summed E-state index contributed by atoms with van der Waals surface area (Å²) >= 11 is 0. The molecule has 2 aliphatic rings. The normalized spacial score (nSPS) is 14.7. The molecule has 0 aromatic heterocycles. The number of esters is 1. The number of carboxylic acid groups (broad SMARTS) is 1. The lowest BCUT2D eigenvalue weighted by Crippen LogP contribution is -2.49. The van der Waals surface area contributed by atoms with E-state index in [9.17, 15) is 19.5 Å². The van der Waals surface area contributed by atoms with E-state index in [1.54, 1.807) is 4.90 Å². The number of carboxylic acids is 1. The molecule has 2 N–H and O–H groups in total. The third-order valence-corrected chi connectivity index (χ3v) is 7.65. The van der Waals surface area contributed by atoms with Crippen LogP contribution in [0.4, 0.5) is 10.5 Å². The number of carbonyl (C=O) groups excluding carboxylic acids is 2. The van der Waals surface area contributed by atoms with Gasteiger partial charge in [-0.1, -0.05) is 54.6 Å². The number of hydrogen-bond acceptors (Lipinski definition) is 7. The summed E-state index contributed by atoms with van der Waals surface area (Å²) in [7, 11) is 0. The first-order valence-electron chi connectivity index (χ1n) is 14.7. The van der Waals surface area contributed by atoms with Crippen molar-refractivity contribution in [2.45, 2.75) is 45.3 Å². The highest BCUT2D eigenvalue weighted by atomic mass is 16.6. The second-order valence-corrected chi connectivity index (χ2v) is 12.0. The maximum Gasteiger partial charge on any atom is 0.409 e. The highest BCUT2D eigenvalue weighted by molar-refractivity contribution is 5.79. The average Bonchev–Trinajstić information content (AvgIpc) is 3.28. The van der Waals surface area contributed by atoms with Crippen LogP contribution < -0.4 is 10.2 Å². The van der Waals surface area contributed by atoms with Crippen molar-refractivity contribution in [3.63, 3.8) is 0 Å². The van der Waals surface area contributed by atoms with Crippen LogP contribution in [0.15, 0.2) is 66.7 Å². The van der Waals surface area contributed by atoms with Crippen LogP contribution in [0.2, 0.25) is 0 Å². The van der Waals surface area contributed by atoms with Crippen LogP contribution in [0.1, 0.15) is 48.9 Å². The SMILES string of the molecule is CC(C)(C)OC(=O)CNCc1cc(CC(=O)O)cc(N2CCN(C(=O)OCC3c4ccccc4-c4ccccc43)CC2)c1. The standard InChI is InChI=1S/C34H39N3O6/c1-34(2,3)43-32(40)21-35-20-24-16-23(19-31(38)39)17-25(18-24)36-12-14-37(15-13-36)33(41)42-22-30-28-10-6-4-8-26(28)27-9-5-7-11-29(27)30/h4-11,16-18,30,35H,12-15,19-22H2,1-3H3,(H,38,39). The monoisotopic (exact) mass is 585 g/mol. The van der Waals surface area contributed by atoms with E-state index >= 15 is 0 Å². The summed E-state index contributed by atoms with van der Waals surface area (Å²) in [5.41, 5.74) is 6.62. The van der Waals surface area contributed by atoms with Crippen LogP contribution in [0.25, 0.3) is 11.1 Å². The van der Waals surface area contributed by atoms with Crippen LogP contribution >= 0.6 is 0 Å². The minimum absolute atomic E-state index is 0.0111. The smallest absolute Gasteiger partial charge is 0.409 e. The number of carbonyl (C=O) groups is 3. The maximum atomic E-state index is 13.1. The zero-order valence-electron chi connectivity index (χ0n) is 25.0. The summed E-state index contributed by atoms with van der Waals surface area (Å²) in [6, 6.07) is 22.3. The van der Waals surface area contributed by atoms with Crippen molar-refractivity contribution in [2.24, 2.45) is 0 Å². The third-order valence-electron chi connectivity index (χ3n) is 7.65.